The molecule has 0 aromatic heterocycles. The van der Waals surface area contributed by atoms with Crippen molar-refractivity contribution in [1.29, 1.82) is 0 Å². The van der Waals surface area contributed by atoms with Gasteiger partial charge in [-0.25, -0.2) is 4.79 Å². The monoisotopic (exact) mass is 239 g/mol. The first-order valence-corrected chi connectivity index (χ1v) is 5.69. The van der Waals surface area contributed by atoms with Crippen LogP contribution in [0.1, 0.15) is 27.2 Å². The second kappa shape index (κ2) is 8.56. The van der Waals surface area contributed by atoms with Gasteiger partial charge in [-0.15, -0.1) is 0 Å². The largest absolute Gasteiger partial charge is 0.467 e. The number of nitrogens with one attached hydrogen (secondary N) is 1. The van der Waals surface area contributed by atoms with Crippen LogP contribution in [0.25, 0.3) is 0 Å². The average Bonchev–Trinajstić information content (AvgIpc) is 2.27. The minimum absolute atomic E-state index is 0.292. The maximum atomic E-state index is 11.5. The lowest BCUT2D eigenvalue weighted by atomic mass is 10.0. The van der Waals surface area contributed by atoms with E-state index in [1.54, 1.807) is 12.2 Å². The van der Waals surface area contributed by atoms with Crippen molar-refractivity contribution in [3.05, 3.63) is 24.3 Å². The Kier molecular flexibility index (Phi) is 7.76. The van der Waals surface area contributed by atoms with Gasteiger partial charge in [-0.05, 0) is 19.3 Å². The van der Waals surface area contributed by atoms with Crippen LogP contribution in [0.3, 0.4) is 0 Å². The Morgan fingerprint density at radius 2 is 1.94 bits per heavy atom. The van der Waals surface area contributed by atoms with E-state index in [0.717, 1.165) is 0 Å². The molecule has 0 aromatic carbocycles. The first kappa shape index (κ1) is 15.4. The van der Waals surface area contributed by atoms with Gasteiger partial charge in [0.2, 0.25) is 5.91 Å². The standard InChI is InChI=1S/C13H21NO3/c1-5-6-7-8-12(15)14-11(9-10(2)3)13(16)17-4/h5-8,10-11H,9H2,1-4H3,(H,14,15)/b6-5+,8-7-/t11-/m0/s1. The van der Waals surface area contributed by atoms with Crippen molar-refractivity contribution in [3.8, 4) is 0 Å². The zero-order chi connectivity index (χ0) is 13.3. The molecule has 1 atom stereocenters. The molecule has 4 nitrogen and oxygen atoms in total. The minimum atomic E-state index is -0.581. The molecule has 1 amide bonds. The molecule has 1 N–H and O–H groups in total. The molecule has 17 heavy (non-hydrogen) atoms. The molecule has 96 valence electrons. The molecular formula is C13H21NO3. The predicted molar refractivity (Wildman–Crippen MR) is 67.4 cm³/mol. The summed E-state index contributed by atoms with van der Waals surface area (Å²) in [5.74, 6) is -0.399. The quantitative estimate of drug-likeness (QED) is 0.437. The van der Waals surface area contributed by atoms with Gasteiger partial charge < -0.3 is 10.1 Å². The Morgan fingerprint density at radius 3 is 2.41 bits per heavy atom. The summed E-state index contributed by atoms with van der Waals surface area (Å²) in [5.41, 5.74) is 0. The van der Waals surface area contributed by atoms with Crippen LogP contribution in [0.2, 0.25) is 0 Å². The molecule has 0 heterocycles. The average molecular weight is 239 g/mol. The van der Waals surface area contributed by atoms with E-state index in [-0.39, 0.29) is 5.91 Å². The van der Waals surface area contributed by atoms with Gasteiger partial charge in [0.1, 0.15) is 6.04 Å². The molecular weight excluding hydrogens is 218 g/mol. The Balaban J connectivity index is 4.42. The maximum absolute atomic E-state index is 11.5. The zero-order valence-electron chi connectivity index (χ0n) is 10.9. The van der Waals surface area contributed by atoms with Crippen molar-refractivity contribution in [3.63, 3.8) is 0 Å². The molecule has 0 bridgehead atoms. The summed E-state index contributed by atoms with van der Waals surface area (Å²) >= 11 is 0. The lowest BCUT2D eigenvalue weighted by Gasteiger charge is -2.17. The molecule has 0 spiro atoms. The summed E-state index contributed by atoms with van der Waals surface area (Å²) in [4.78, 5) is 22.9. The van der Waals surface area contributed by atoms with Crippen LogP contribution in [0.5, 0.6) is 0 Å². The minimum Gasteiger partial charge on any atom is -0.467 e. The summed E-state index contributed by atoms with van der Waals surface area (Å²) in [6.07, 6.45) is 7.13. The van der Waals surface area contributed by atoms with E-state index in [0.29, 0.717) is 12.3 Å². The van der Waals surface area contributed by atoms with Crippen molar-refractivity contribution >= 4 is 11.9 Å². The van der Waals surface area contributed by atoms with Gasteiger partial charge in [0, 0.05) is 6.08 Å². The Bertz CT molecular complexity index is 306. The number of allylic oxidation sites excluding steroid dienone is 3. The fourth-order valence-corrected chi connectivity index (χ4v) is 1.30. The molecule has 0 rings (SSSR count). The summed E-state index contributed by atoms with van der Waals surface area (Å²) in [6, 6.07) is -0.581. The van der Waals surface area contributed by atoms with Gasteiger partial charge in [0.05, 0.1) is 7.11 Å². The normalized spacial score (nSPS) is 13.2. The van der Waals surface area contributed by atoms with Gasteiger partial charge in [0.15, 0.2) is 0 Å². The maximum Gasteiger partial charge on any atom is 0.328 e. The van der Waals surface area contributed by atoms with Crippen molar-refractivity contribution in [2.24, 2.45) is 5.92 Å². The summed E-state index contributed by atoms with van der Waals surface area (Å²) in [6.45, 7) is 5.83. The topological polar surface area (TPSA) is 55.4 Å². The lowest BCUT2D eigenvalue weighted by Crippen LogP contribution is -2.41. The van der Waals surface area contributed by atoms with Crippen LogP contribution in [-0.2, 0) is 14.3 Å². The Hall–Kier alpha value is -1.58. The van der Waals surface area contributed by atoms with Crippen LogP contribution in [0, 0.1) is 5.92 Å². The number of methoxy groups -OCH3 is 1. The third-order valence-corrected chi connectivity index (χ3v) is 2.06. The van der Waals surface area contributed by atoms with Crippen LogP contribution >= 0.6 is 0 Å². The molecule has 0 radical (unpaired) electrons. The highest BCUT2D eigenvalue weighted by atomic mass is 16.5. The number of rotatable bonds is 6. The summed E-state index contributed by atoms with van der Waals surface area (Å²) < 4.78 is 4.65. The Labute approximate surface area is 103 Å². The van der Waals surface area contributed by atoms with Crippen LogP contribution in [0.15, 0.2) is 24.3 Å². The van der Waals surface area contributed by atoms with Gasteiger partial charge >= 0.3 is 5.97 Å². The van der Waals surface area contributed by atoms with E-state index >= 15 is 0 Å². The van der Waals surface area contributed by atoms with E-state index < -0.39 is 12.0 Å². The fraction of sp³-hybridized carbons (Fsp3) is 0.538. The highest BCUT2D eigenvalue weighted by molar-refractivity contribution is 5.91. The van der Waals surface area contributed by atoms with E-state index in [1.165, 1.54) is 13.2 Å². The van der Waals surface area contributed by atoms with Crippen molar-refractivity contribution < 1.29 is 14.3 Å². The number of amides is 1. The number of ether oxygens (including phenoxy) is 1. The zero-order valence-corrected chi connectivity index (χ0v) is 10.9. The molecule has 0 aliphatic rings. The summed E-state index contributed by atoms with van der Waals surface area (Å²) in [5, 5.41) is 2.62. The molecule has 0 fully saturated rings. The first-order chi connectivity index (χ1) is 8.01. The number of carbonyl (C=O) groups excluding carboxylic acids is 2. The van der Waals surface area contributed by atoms with E-state index in [1.807, 2.05) is 26.8 Å². The van der Waals surface area contributed by atoms with Crippen molar-refractivity contribution in [2.45, 2.75) is 33.2 Å². The number of carbonyl (C=O) groups is 2. The van der Waals surface area contributed by atoms with Gasteiger partial charge in [-0.1, -0.05) is 32.1 Å². The molecule has 0 aromatic rings. The SMILES string of the molecule is C/C=C/C=C\C(=O)N[C@@H](CC(C)C)C(=O)OC. The van der Waals surface area contributed by atoms with Crippen LogP contribution in [0.4, 0.5) is 0 Å². The van der Waals surface area contributed by atoms with E-state index in [4.69, 9.17) is 0 Å². The van der Waals surface area contributed by atoms with Crippen molar-refractivity contribution in [1.82, 2.24) is 5.32 Å². The summed E-state index contributed by atoms with van der Waals surface area (Å²) in [7, 11) is 1.32. The number of esters is 1. The number of hydrogen-bond donors (Lipinski definition) is 1. The molecule has 0 aliphatic heterocycles. The molecule has 0 saturated carbocycles. The van der Waals surface area contributed by atoms with Crippen LogP contribution in [-0.4, -0.2) is 25.0 Å². The van der Waals surface area contributed by atoms with Crippen LogP contribution < -0.4 is 5.32 Å². The van der Waals surface area contributed by atoms with E-state index in [2.05, 4.69) is 10.1 Å². The van der Waals surface area contributed by atoms with Gasteiger partial charge in [-0.2, -0.15) is 0 Å². The molecule has 4 heteroatoms. The second-order valence-electron chi connectivity index (χ2n) is 4.10. The van der Waals surface area contributed by atoms with E-state index in [9.17, 15) is 9.59 Å². The molecule has 0 saturated heterocycles. The van der Waals surface area contributed by atoms with Crippen molar-refractivity contribution in [2.75, 3.05) is 7.11 Å². The van der Waals surface area contributed by atoms with Gasteiger partial charge in [0.25, 0.3) is 0 Å². The third-order valence-electron chi connectivity index (χ3n) is 2.06. The molecule has 0 unspecified atom stereocenters. The smallest absolute Gasteiger partial charge is 0.328 e. The Morgan fingerprint density at radius 1 is 1.29 bits per heavy atom. The number of hydrogen-bond acceptors (Lipinski definition) is 3. The predicted octanol–water partition coefficient (Wildman–Crippen LogP) is 1.82. The lowest BCUT2D eigenvalue weighted by molar-refractivity contribution is -0.145. The highest BCUT2D eigenvalue weighted by Gasteiger charge is 2.21. The van der Waals surface area contributed by atoms with Gasteiger partial charge in [-0.3, -0.25) is 4.79 Å². The third kappa shape index (κ3) is 7.33. The first-order valence-electron chi connectivity index (χ1n) is 5.69. The second-order valence-corrected chi connectivity index (χ2v) is 4.10. The molecule has 0 aliphatic carbocycles. The highest BCUT2D eigenvalue weighted by Crippen LogP contribution is 2.06. The fourth-order valence-electron chi connectivity index (χ4n) is 1.30.